The maximum Gasteiger partial charge on any atom is 0.412 e. The molecule has 2 rings (SSSR count). The number of carbonyl (C=O) groups excluding carboxylic acids is 1. The number of ether oxygens (including phenoxy) is 3. The first-order chi connectivity index (χ1) is 9.67. The molecule has 0 fully saturated rings. The van der Waals surface area contributed by atoms with Gasteiger partial charge in [-0.25, -0.2) is 14.8 Å². The summed E-state index contributed by atoms with van der Waals surface area (Å²) in [6, 6.07) is 5.24. The molecule has 1 N–H and O–H groups in total. The van der Waals surface area contributed by atoms with Crippen molar-refractivity contribution in [3.63, 3.8) is 0 Å². The summed E-state index contributed by atoms with van der Waals surface area (Å²) in [5.41, 5.74) is 1.22. The summed E-state index contributed by atoms with van der Waals surface area (Å²) in [5, 5.41) is 2.49. The van der Waals surface area contributed by atoms with Crippen LogP contribution in [0.5, 0.6) is 11.6 Å². The second-order valence-electron chi connectivity index (χ2n) is 3.78. The van der Waals surface area contributed by atoms with Crippen LogP contribution in [0.4, 0.5) is 10.6 Å². The Morgan fingerprint density at radius 2 is 2.00 bits per heavy atom. The molecule has 20 heavy (non-hydrogen) atoms. The first kappa shape index (κ1) is 13.9. The Kier molecular flexibility index (Phi) is 4.19. The molecule has 2 aromatic rings. The highest BCUT2D eigenvalue weighted by atomic mass is 16.5. The van der Waals surface area contributed by atoms with Crippen molar-refractivity contribution in [2.75, 3.05) is 26.1 Å². The number of amides is 1. The Bertz CT molecular complexity index is 630. The van der Waals surface area contributed by atoms with Gasteiger partial charge in [0.1, 0.15) is 5.75 Å². The minimum atomic E-state index is -0.604. The lowest BCUT2D eigenvalue weighted by Gasteiger charge is -2.10. The summed E-state index contributed by atoms with van der Waals surface area (Å²) in [6.45, 7) is 1.99. The molecule has 7 heteroatoms. The van der Waals surface area contributed by atoms with Crippen molar-refractivity contribution < 1.29 is 19.0 Å². The number of nitrogens with one attached hydrogen (secondary N) is 1. The summed E-state index contributed by atoms with van der Waals surface area (Å²) in [7, 11) is 3.02. The molecule has 0 aliphatic rings. The average molecular weight is 277 g/mol. The zero-order chi connectivity index (χ0) is 14.5. The molecule has 106 valence electrons. The third kappa shape index (κ3) is 2.87. The van der Waals surface area contributed by atoms with E-state index in [9.17, 15) is 4.79 Å². The Balaban J connectivity index is 2.41. The van der Waals surface area contributed by atoms with Crippen molar-refractivity contribution in [2.24, 2.45) is 0 Å². The first-order valence-electron chi connectivity index (χ1n) is 6.01. The molecule has 1 amide bonds. The SMILES string of the molecule is CCOC(=O)Nc1nc2ccc(OC)cc2nc1OC. The fraction of sp³-hybridized carbons (Fsp3) is 0.308. The van der Waals surface area contributed by atoms with Gasteiger partial charge in [-0.15, -0.1) is 0 Å². The summed E-state index contributed by atoms with van der Waals surface area (Å²) in [4.78, 5) is 20.0. The van der Waals surface area contributed by atoms with Crippen molar-refractivity contribution in [2.45, 2.75) is 6.92 Å². The van der Waals surface area contributed by atoms with Gasteiger partial charge in [0.15, 0.2) is 5.82 Å². The zero-order valence-electron chi connectivity index (χ0n) is 11.5. The van der Waals surface area contributed by atoms with Gasteiger partial charge >= 0.3 is 6.09 Å². The zero-order valence-corrected chi connectivity index (χ0v) is 11.5. The van der Waals surface area contributed by atoms with E-state index in [1.54, 1.807) is 32.2 Å². The number of fused-ring (bicyclic) bond motifs is 1. The highest BCUT2D eigenvalue weighted by Crippen LogP contribution is 2.25. The van der Waals surface area contributed by atoms with Crippen LogP contribution in [-0.4, -0.2) is 36.9 Å². The number of methoxy groups -OCH3 is 2. The van der Waals surface area contributed by atoms with E-state index in [-0.39, 0.29) is 18.3 Å². The second-order valence-corrected chi connectivity index (χ2v) is 3.78. The van der Waals surface area contributed by atoms with E-state index in [1.807, 2.05) is 0 Å². The van der Waals surface area contributed by atoms with Crippen molar-refractivity contribution in [3.05, 3.63) is 18.2 Å². The lowest BCUT2D eigenvalue weighted by molar-refractivity contribution is 0.167. The van der Waals surface area contributed by atoms with E-state index in [0.29, 0.717) is 16.8 Å². The number of benzene rings is 1. The number of carbonyl (C=O) groups is 1. The third-order valence-corrected chi connectivity index (χ3v) is 2.53. The molecule has 0 radical (unpaired) electrons. The topological polar surface area (TPSA) is 82.6 Å². The number of anilines is 1. The largest absolute Gasteiger partial charge is 0.497 e. The molecular formula is C13H15N3O4. The summed E-state index contributed by atoms with van der Waals surface area (Å²) in [6.07, 6.45) is -0.604. The van der Waals surface area contributed by atoms with Gasteiger partial charge in [-0.05, 0) is 19.1 Å². The molecule has 1 heterocycles. The van der Waals surface area contributed by atoms with Crippen LogP contribution in [0, 0.1) is 0 Å². The first-order valence-corrected chi connectivity index (χ1v) is 6.01. The molecule has 0 aliphatic carbocycles. The molecule has 1 aromatic carbocycles. The average Bonchev–Trinajstić information content (AvgIpc) is 2.46. The summed E-state index contributed by atoms with van der Waals surface area (Å²) in [5.74, 6) is 1.09. The lowest BCUT2D eigenvalue weighted by Crippen LogP contribution is -2.15. The van der Waals surface area contributed by atoms with E-state index >= 15 is 0 Å². The molecule has 0 saturated heterocycles. The minimum absolute atomic E-state index is 0.207. The Morgan fingerprint density at radius 3 is 2.65 bits per heavy atom. The van der Waals surface area contributed by atoms with E-state index in [4.69, 9.17) is 14.2 Å². The molecule has 0 unspecified atom stereocenters. The van der Waals surface area contributed by atoms with Crippen molar-refractivity contribution in [1.82, 2.24) is 9.97 Å². The predicted octanol–water partition coefficient (Wildman–Crippen LogP) is 2.22. The van der Waals surface area contributed by atoms with Gasteiger partial charge in [-0.3, -0.25) is 5.32 Å². The van der Waals surface area contributed by atoms with Crippen molar-refractivity contribution in [1.29, 1.82) is 0 Å². The van der Waals surface area contributed by atoms with Crippen LogP contribution in [-0.2, 0) is 4.74 Å². The molecule has 0 bridgehead atoms. The van der Waals surface area contributed by atoms with Crippen LogP contribution in [0.25, 0.3) is 11.0 Å². The second kappa shape index (κ2) is 6.05. The van der Waals surface area contributed by atoms with Crippen LogP contribution in [0.1, 0.15) is 6.92 Å². The lowest BCUT2D eigenvalue weighted by atomic mass is 10.3. The van der Waals surface area contributed by atoms with E-state index in [1.165, 1.54) is 7.11 Å². The fourth-order valence-corrected chi connectivity index (χ4v) is 1.63. The van der Waals surface area contributed by atoms with Gasteiger partial charge in [0.25, 0.3) is 5.88 Å². The van der Waals surface area contributed by atoms with Crippen molar-refractivity contribution >= 4 is 22.9 Å². The smallest absolute Gasteiger partial charge is 0.412 e. The normalized spacial score (nSPS) is 10.2. The highest BCUT2D eigenvalue weighted by molar-refractivity contribution is 5.87. The Labute approximate surface area is 115 Å². The van der Waals surface area contributed by atoms with Crippen LogP contribution in [0.15, 0.2) is 18.2 Å². The van der Waals surface area contributed by atoms with E-state index in [2.05, 4.69) is 15.3 Å². The Hall–Kier alpha value is -2.57. The number of rotatable bonds is 4. The van der Waals surface area contributed by atoms with Crippen molar-refractivity contribution in [3.8, 4) is 11.6 Å². The number of aromatic nitrogens is 2. The van der Waals surface area contributed by atoms with Gasteiger partial charge in [0.2, 0.25) is 0 Å². The van der Waals surface area contributed by atoms with Gasteiger partial charge in [0.05, 0.1) is 31.9 Å². The quantitative estimate of drug-likeness (QED) is 0.922. The third-order valence-electron chi connectivity index (χ3n) is 2.53. The maximum atomic E-state index is 11.4. The van der Waals surface area contributed by atoms with Gasteiger partial charge in [-0.1, -0.05) is 0 Å². The van der Waals surface area contributed by atoms with Gasteiger partial charge < -0.3 is 14.2 Å². The number of hydrogen-bond acceptors (Lipinski definition) is 6. The monoisotopic (exact) mass is 277 g/mol. The number of hydrogen-bond donors (Lipinski definition) is 1. The van der Waals surface area contributed by atoms with E-state index in [0.717, 1.165) is 0 Å². The molecule has 0 atom stereocenters. The standard InChI is InChI=1S/C13H15N3O4/c1-4-20-13(17)16-11-12(19-3)15-10-7-8(18-2)5-6-9(10)14-11/h5-7H,4H2,1-3H3,(H,14,16,17). The minimum Gasteiger partial charge on any atom is -0.497 e. The predicted molar refractivity (Wildman–Crippen MR) is 73.3 cm³/mol. The molecule has 0 saturated carbocycles. The van der Waals surface area contributed by atoms with Crippen LogP contribution < -0.4 is 14.8 Å². The Morgan fingerprint density at radius 1 is 1.20 bits per heavy atom. The highest BCUT2D eigenvalue weighted by Gasteiger charge is 2.13. The fourth-order valence-electron chi connectivity index (χ4n) is 1.63. The molecule has 7 nitrogen and oxygen atoms in total. The molecular weight excluding hydrogens is 262 g/mol. The maximum absolute atomic E-state index is 11.4. The van der Waals surface area contributed by atoms with Crippen LogP contribution in [0.2, 0.25) is 0 Å². The van der Waals surface area contributed by atoms with E-state index < -0.39 is 6.09 Å². The number of nitrogens with zero attached hydrogens (tertiary/aromatic N) is 2. The van der Waals surface area contributed by atoms with Gasteiger partial charge in [0, 0.05) is 6.07 Å². The molecule has 1 aromatic heterocycles. The van der Waals surface area contributed by atoms with Gasteiger partial charge in [-0.2, -0.15) is 0 Å². The molecule has 0 spiro atoms. The van der Waals surface area contributed by atoms with Crippen LogP contribution in [0.3, 0.4) is 0 Å². The van der Waals surface area contributed by atoms with Crippen LogP contribution >= 0.6 is 0 Å². The summed E-state index contributed by atoms with van der Waals surface area (Å²) < 4.78 is 15.0. The molecule has 0 aliphatic heterocycles. The summed E-state index contributed by atoms with van der Waals surface area (Å²) >= 11 is 0.